The van der Waals surface area contributed by atoms with Crippen molar-refractivity contribution in [1.82, 2.24) is 0 Å². The molecule has 1 aliphatic rings. The van der Waals surface area contributed by atoms with Gasteiger partial charge >= 0.3 is 0 Å². The SMILES string of the molecule is CC(=O)[C@@H]1c2cc(C)c(O)cc2C(=O)C[C@]1(C)O. The van der Waals surface area contributed by atoms with Gasteiger partial charge in [-0.25, -0.2) is 0 Å². The summed E-state index contributed by atoms with van der Waals surface area (Å²) in [6, 6.07) is 3.00. The molecule has 0 saturated heterocycles. The summed E-state index contributed by atoms with van der Waals surface area (Å²) in [4.78, 5) is 23.7. The molecular formula is C14H16O4. The smallest absolute Gasteiger partial charge is 0.166 e. The van der Waals surface area contributed by atoms with E-state index in [4.69, 9.17) is 0 Å². The van der Waals surface area contributed by atoms with Gasteiger partial charge in [-0.1, -0.05) is 6.07 Å². The minimum atomic E-state index is -1.36. The number of carbonyl (C=O) groups is 2. The van der Waals surface area contributed by atoms with Gasteiger partial charge in [-0.15, -0.1) is 0 Å². The van der Waals surface area contributed by atoms with Gasteiger partial charge in [0.25, 0.3) is 0 Å². The molecule has 0 aliphatic heterocycles. The molecule has 0 amide bonds. The number of Topliss-reactive ketones (excluding diaryl/α,β-unsaturated/α-hetero) is 2. The molecule has 0 radical (unpaired) electrons. The first-order valence-electron chi connectivity index (χ1n) is 5.83. The van der Waals surface area contributed by atoms with Crippen LogP contribution in [0.15, 0.2) is 12.1 Å². The number of ketones is 2. The molecule has 0 fully saturated rings. The first kappa shape index (κ1) is 12.8. The number of rotatable bonds is 1. The molecule has 2 atom stereocenters. The highest BCUT2D eigenvalue weighted by Gasteiger charge is 2.44. The Labute approximate surface area is 105 Å². The highest BCUT2D eigenvalue weighted by Crippen LogP contribution is 2.41. The van der Waals surface area contributed by atoms with Crippen LogP contribution in [0.25, 0.3) is 0 Å². The van der Waals surface area contributed by atoms with Crippen LogP contribution in [0, 0.1) is 6.92 Å². The van der Waals surface area contributed by atoms with Crippen molar-refractivity contribution in [2.24, 2.45) is 0 Å². The predicted molar refractivity (Wildman–Crippen MR) is 65.8 cm³/mol. The van der Waals surface area contributed by atoms with E-state index in [0.29, 0.717) is 16.7 Å². The predicted octanol–water partition coefficient (Wildman–Crippen LogP) is 1.71. The fourth-order valence-corrected chi connectivity index (χ4v) is 2.71. The zero-order valence-corrected chi connectivity index (χ0v) is 10.7. The molecule has 0 heterocycles. The van der Waals surface area contributed by atoms with Gasteiger partial charge in [0.1, 0.15) is 11.5 Å². The number of aromatic hydroxyl groups is 1. The van der Waals surface area contributed by atoms with Crippen LogP contribution < -0.4 is 0 Å². The van der Waals surface area contributed by atoms with Crippen molar-refractivity contribution in [1.29, 1.82) is 0 Å². The number of phenols is 1. The topological polar surface area (TPSA) is 74.6 Å². The molecule has 2 N–H and O–H groups in total. The van der Waals surface area contributed by atoms with E-state index in [9.17, 15) is 19.8 Å². The van der Waals surface area contributed by atoms with Crippen molar-refractivity contribution in [3.8, 4) is 5.75 Å². The molecule has 96 valence electrons. The van der Waals surface area contributed by atoms with Crippen LogP contribution in [0.1, 0.15) is 47.7 Å². The van der Waals surface area contributed by atoms with Crippen LogP contribution in [0.3, 0.4) is 0 Å². The summed E-state index contributed by atoms with van der Waals surface area (Å²) < 4.78 is 0. The number of aryl methyl sites for hydroxylation is 1. The summed E-state index contributed by atoms with van der Waals surface area (Å²) in [5.41, 5.74) is 0.0775. The van der Waals surface area contributed by atoms with Crippen molar-refractivity contribution in [2.75, 3.05) is 0 Å². The first-order valence-corrected chi connectivity index (χ1v) is 5.83. The average Bonchev–Trinajstić information content (AvgIpc) is 2.19. The van der Waals surface area contributed by atoms with E-state index in [-0.39, 0.29) is 23.7 Å². The molecule has 1 aliphatic carbocycles. The maximum Gasteiger partial charge on any atom is 0.166 e. The van der Waals surface area contributed by atoms with E-state index < -0.39 is 11.5 Å². The lowest BCUT2D eigenvalue weighted by atomic mass is 9.70. The van der Waals surface area contributed by atoms with E-state index in [1.807, 2.05) is 0 Å². The lowest BCUT2D eigenvalue weighted by Crippen LogP contribution is -2.43. The van der Waals surface area contributed by atoms with Gasteiger partial charge in [0.2, 0.25) is 0 Å². The minimum absolute atomic E-state index is 0.0333. The van der Waals surface area contributed by atoms with E-state index >= 15 is 0 Å². The van der Waals surface area contributed by atoms with Crippen LogP contribution in [0.4, 0.5) is 0 Å². The minimum Gasteiger partial charge on any atom is -0.508 e. The third-order valence-electron chi connectivity index (χ3n) is 3.53. The third kappa shape index (κ3) is 1.82. The van der Waals surface area contributed by atoms with Crippen molar-refractivity contribution in [2.45, 2.75) is 38.7 Å². The highest BCUT2D eigenvalue weighted by atomic mass is 16.3. The fourth-order valence-electron chi connectivity index (χ4n) is 2.71. The lowest BCUT2D eigenvalue weighted by Gasteiger charge is -2.36. The molecule has 1 aromatic carbocycles. The third-order valence-corrected chi connectivity index (χ3v) is 3.53. The number of carbonyl (C=O) groups excluding carboxylic acids is 2. The molecule has 4 nitrogen and oxygen atoms in total. The molecule has 0 bridgehead atoms. The zero-order valence-electron chi connectivity index (χ0n) is 10.7. The maximum absolute atomic E-state index is 12.0. The monoisotopic (exact) mass is 248 g/mol. The standard InChI is InChI=1S/C14H16O4/c1-7-4-10-9(5-11(7)16)12(17)6-14(3,18)13(10)8(2)15/h4-5,13,16,18H,6H2,1-3H3/t13-,14+/m1/s1. The molecule has 0 unspecified atom stereocenters. The Balaban J connectivity index is 2.71. The molecule has 4 heteroatoms. The van der Waals surface area contributed by atoms with Gasteiger partial charge in [-0.3, -0.25) is 9.59 Å². The summed E-state index contributed by atoms with van der Waals surface area (Å²) in [5.74, 6) is -1.11. The number of benzene rings is 1. The van der Waals surface area contributed by atoms with Crippen molar-refractivity contribution in [3.63, 3.8) is 0 Å². The molecule has 0 spiro atoms. The molecule has 18 heavy (non-hydrogen) atoms. The summed E-state index contributed by atoms with van der Waals surface area (Å²) in [6.45, 7) is 4.60. The maximum atomic E-state index is 12.0. The van der Waals surface area contributed by atoms with Crippen LogP contribution in [-0.4, -0.2) is 27.4 Å². The Bertz CT molecular complexity index is 543. The molecule has 1 aromatic rings. The Morgan fingerprint density at radius 3 is 2.61 bits per heavy atom. The zero-order chi connectivity index (χ0) is 13.7. The largest absolute Gasteiger partial charge is 0.508 e. The van der Waals surface area contributed by atoms with Gasteiger partial charge in [-0.05, 0) is 38.0 Å². The van der Waals surface area contributed by atoms with Crippen LogP contribution in [0.2, 0.25) is 0 Å². The molecule has 0 saturated carbocycles. The van der Waals surface area contributed by atoms with Gasteiger partial charge in [0, 0.05) is 12.0 Å². The Kier molecular flexibility index (Phi) is 2.78. The van der Waals surface area contributed by atoms with Gasteiger partial charge in [0.15, 0.2) is 5.78 Å². The number of phenolic OH excluding ortho intramolecular Hbond substituents is 1. The van der Waals surface area contributed by atoms with Crippen molar-refractivity contribution >= 4 is 11.6 Å². The van der Waals surface area contributed by atoms with Gasteiger partial charge in [0.05, 0.1) is 11.5 Å². The van der Waals surface area contributed by atoms with E-state index in [2.05, 4.69) is 0 Å². The second-order valence-corrected chi connectivity index (χ2v) is 5.23. The Morgan fingerprint density at radius 1 is 1.44 bits per heavy atom. The second kappa shape index (κ2) is 3.92. The van der Waals surface area contributed by atoms with Crippen molar-refractivity contribution in [3.05, 3.63) is 28.8 Å². The van der Waals surface area contributed by atoms with Gasteiger partial charge < -0.3 is 10.2 Å². The second-order valence-electron chi connectivity index (χ2n) is 5.23. The van der Waals surface area contributed by atoms with Crippen LogP contribution >= 0.6 is 0 Å². The van der Waals surface area contributed by atoms with Crippen LogP contribution in [-0.2, 0) is 4.79 Å². The van der Waals surface area contributed by atoms with E-state index in [0.717, 1.165) is 0 Å². The first-order chi connectivity index (χ1) is 8.24. The summed E-state index contributed by atoms with van der Waals surface area (Å²) in [5, 5.41) is 19.9. The molecular weight excluding hydrogens is 232 g/mol. The number of hydrogen-bond acceptors (Lipinski definition) is 4. The molecule has 2 rings (SSSR count). The van der Waals surface area contributed by atoms with Crippen molar-refractivity contribution < 1.29 is 19.8 Å². The Hall–Kier alpha value is -1.68. The quantitative estimate of drug-likeness (QED) is 0.793. The number of fused-ring (bicyclic) bond motifs is 1. The molecule has 0 aromatic heterocycles. The fraction of sp³-hybridized carbons (Fsp3) is 0.429. The summed E-state index contributed by atoms with van der Waals surface area (Å²) >= 11 is 0. The summed E-state index contributed by atoms with van der Waals surface area (Å²) in [6.07, 6.45) is -0.104. The lowest BCUT2D eigenvalue weighted by molar-refractivity contribution is -0.124. The van der Waals surface area contributed by atoms with Gasteiger partial charge in [-0.2, -0.15) is 0 Å². The average molecular weight is 248 g/mol. The highest BCUT2D eigenvalue weighted by molar-refractivity contribution is 6.03. The van der Waals surface area contributed by atoms with E-state index in [1.165, 1.54) is 19.9 Å². The number of aliphatic hydroxyl groups is 1. The number of hydrogen-bond donors (Lipinski definition) is 2. The van der Waals surface area contributed by atoms with Crippen LogP contribution in [0.5, 0.6) is 5.75 Å². The summed E-state index contributed by atoms with van der Waals surface area (Å²) in [7, 11) is 0. The van der Waals surface area contributed by atoms with E-state index in [1.54, 1.807) is 13.0 Å². The Morgan fingerprint density at radius 2 is 2.06 bits per heavy atom. The normalized spacial score (nSPS) is 26.9.